The Labute approximate surface area is 151 Å². The number of hydrogen-bond donors (Lipinski definition) is 2. The molecule has 1 heterocycles. The van der Waals surface area contributed by atoms with Crippen molar-refractivity contribution in [3.8, 4) is 0 Å². The molecule has 1 aromatic heterocycles. The molecule has 0 saturated carbocycles. The van der Waals surface area contributed by atoms with E-state index in [1.165, 1.54) is 18.0 Å². The molecule has 25 heavy (non-hydrogen) atoms. The predicted octanol–water partition coefficient (Wildman–Crippen LogP) is 4.74. The van der Waals surface area contributed by atoms with Gasteiger partial charge in [0.05, 0.1) is 23.1 Å². The molecule has 126 valence electrons. The molecule has 3 aromatic rings. The molecule has 3 rings (SSSR count). The van der Waals surface area contributed by atoms with E-state index in [4.69, 9.17) is 11.6 Å². The van der Waals surface area contributed by atoms with Crippen LogP contribution in [-0.4, -0.2) is 15.9 Å². The number of benzene rings is 2. The van der Waals surface area contributed by atoms with Crippen molar-refractivity contribution in [1.29, 1.82) is 0 Å². The molecule has 1 amide bonds. The number of aromatic nitrogens is 2. The Hall–Kier alpha value is -2.92. The van der Waals surface area contributed by atoms with Crippen LogP contribution in [0, 0.1) is 13.8 Å². The van der Waals surface area contributed by atoms with Crippen LogP contribution < -0.4 is 10.6 Å². The summed E-state index contributed by atoms with van der Waals surface area (Å²) >= 11 is 6.04. The molecule has 0 unspecified atom stereocenters. The molecule has 0 radical (unpaired) electrons. The standard InChI is InChI=1S/C19H17ClN4O/c1-12-7-8-15(13(2)9-12)23-18-11-21-17(10-22-18)19(25)24-16-6-4-3-5-14(16)20/h3-11H,1-2H3,(H,22,23)(H,24,25). The van der Waals surface area contributed by atoms with Crippen LogP contribution in [0.25, 0.3) is 0 Å². The van der Waals surface area contributed by atoms with Crippen LogP contribution in [0.4, 0.5) is 17.2 Å². The minimum atomic E-state index is -0.362. The fourth-order valence-electron chi connectivity index (χ4n) is 2.35. The van der Waals surface area contributed by atoms with E-state index in [0.29, 0.717) is 16.5 Å². The van der Waals surface area contributed by atoms with Crippen molar-refractivity contribution in [3.05, 3.63) is 76.7 Å². The van der Waals surface area contributed by atoms with Crippen LogP contribution in [0.5, 0.6) is 0 Å². The van der Waals surface area contributed by atoms with Crippen molar-refractivity contribution < 1.29 is 4.79 Å². The molecular weight excluding hydrogens is 336 g/mol. The first-order valence-corrected chi connectivity index (χ1v) is 8.13. The Morgan fingerprint density at radius 1 is 1.00 bits per heavy atom. The van der Waals surface area contributed by atoms with Crippen LogP contribution >= 0.6 is 11.6 Å². The quantitative estimate of drug-likeness (QED) is 0.711. The maximum atomic E-state index is 12.2. The summed E-state index contributed by atoms with van der Waals surface area (Å²) in [6.45, 7) is 4.07. The first-order chi connectivity index (χ1) is 12.0. The Morgan fingerprint density at radius 2 is 1.80 bits per heavy atom. The van der Waals surface area contributed by atoms with Crippen LogP contribution in [0.2, 0.25) is 5.02 Å². The highest BCUT2D eigenvalue weighted by Crippen LogP contribution is 2.22. The second-order valence-corrected chi connectivity index (χ2v) is 6.07. The van der Waals surface area contributed by atoms with Gasteiger partial charge in [0.15, 0.2) is 0 Å². The number of carbonyl (C=O) groups excluding carboxylic acids is 1. The second-order valence-electron chi connectivity index (χ2n) is 5.66. The largest absolute Gasteiger partial charge is 0.339 e. The Balaban J connectivity index is 1.71. The van der Waals surface area contributed by atoms with Gasteiger partial charge in [-0.15, -0.1) is 0 Å². The minimum Gasteiger partial charge on any atom is -0.339 e. The fraction of sp³-hybridized carbons (Fsp3) is 0.105. The number of anilines is 3. The maximum absolute atomic E-state index is 12.2. The molecule has 2 aromatic carbocycles. The minimum absolute atomic E-state index is 0.214. The summed E-state index contributed by atoms with van der Waals surface area (Å²) < 4.78 is 0. The number of carbonyl (C=O) groups is 1. The van der Waals surface area contributed by atoms with Gasteiger partial charge in [0, 0.05) is 5.69 Å². The monoisotopic (exact) mass is 352 g/mol. The Bertz CT molecular complexity index is 910. The number of hydrogen-bond acceptors (Lipinski definition) is 4. The first-order valence-electron chi connectivity index (χ1n) is 7.75. The molecule has 0 saturated heterocycles. The Kier molecular flexibility index (Phi) is 4.95. The number of halogens is 1. The lowest BCUT2D eigenvalue weighted by molar-refractivity contribution is 0.102. The van der Waals surface area contributed by atoms with Gasteiger partial charge < -0.3 is 10.6 Å². The lowest BCUT2D eigenvalue weighted by atomic mass is 10.1. The topological polar surface area (TPSA) is 66.9 Å². The van der Waals surface area contributed by atoms with E-state index in [1.807, 2.05) is 26.0 Å². The van der Waals surface area contributed by atoms with Gasteiger partial charge in [0.2, 0.25) is 0 Å². The van der Waals surface area contributed by atoms with Gasteiger partial charge >= 0.3 is 0 Å². The van der Waals surface area contributed by atoms with Gasteiger partial charge in [-0.2, -0.15) is 0 Å². The van der Waals surface area contributed by atoms with Crippen LogP contribution in [-0.2, 0) is 0 Å². The van der Waals surface area contributed by atoms with E-state index in [-0.39, 0.29) is 11.6 Å². The third-order valence-electron chi connectivity index (χ3n) is 3.65. The normalized spacial score (nSPS) is 10.4. The molecule has 2 N–H and O–H groups in total. The number of nitrogens with one attached hydrogen (secondary N) is 2. The van der Waals surface area contributed by atoms with Crippen LogP contribution in [0.3, 0.4) is 0 Å². The highest BCUT2D eigenvalue weighted by atomic mass is 35.5. The lowest BCUT2D eigenvalue weighted by Gasteiger charge is -2.10. The third kappa shape index (κ3) is 4.14. The van der Waals surface area contributed by atoms with Crippen molar-refractivity contribution in [2.45, 2.75) is 13.8 Å². The highest BCUT2D eigenvalue weighted by molar-refractivity contribution is 6.33. The molecule has 6 heteroatoms. The summed E-state index contributed by atoms with van der Waals surface area (Å²) in [4.78, 5) is 20.7. The van der Waals surface area contributed by atoms with Gasteiger partial charge in [-0.3, -0.25) is 4.79 Å². The summed E-state index contributed by atoms with van der Waals surface area (Å²) in [6, 6.07) is 13.1. The van der Waals surface area contributed by atoms with Gasteiger partial charge in [-0.1, -0.05) is 41.4 Å². The fourth-order valence-corrected chi connectivity index (χ4v) is 2.53. The van der Waals surface area contributed by atoms with E-state index in [2.05, 4.69) is 26.7 Å². The average Bonchev–Trinajstić information content (AvgIpc) is 2.60. The van der Waals surface area contributed by atoms with Crippen molar-refractivity contribution in [2.24, 2.45) is 0 Å². The number of amides is 1. The molecule has 0 bridgehead atoms. The van der Waals surface area contributed by atoms with Gasteiger partial charge in [-0.05, 0) is 37.6 Å². The summed E-state index contributed by atoms with van der Waals surface area (Å²) in [5.74, 6) is 0.208. The third-order valence-corrected chi connectivity index (χ3v) is 3.98. The van der Waals surface area contributed by atoms with Crippen molar-refractivity contribution in [2.75, 3.05) is 10.6 Å². The SMILES string of the molecule is Cc1ccc(Nc2cnc(C(=O)Nc3ccccc3Cl)cn2)c(C)c1. The second kappa shape index (κ2) is 7.32. The van der Waals surface area contributed by atoms with Crippen molar-refractivity contribution >= 4 is 34.7 Å². The van der Waals surface area contributed by atoms with E-state index in [0.717, 1.165) is 11.3 Å². The molecule has 5 nitrogen and oxygen atoms in total. The summed E-state index contributed by atoms with van der Waals surface area (Å²) in [5.41, 5.74) is 4.01. The molecular formula is C19H17ClN4O. The van der Waals surface area contributed by atoms with Crippen LogP contribution in [0.15, 0.2) is 54.9 Å². The van der Waals surface area contributed by atoms with Crippen LogP contribution in [0.1, 0.15) is 21.6 Å². The first kappa shape index (κ1) is 16.9. The zero-order chi connectivity index (χ0) is 17.8. The van der Waals surface area contributed by atoms with Gasteiger partial charge in [0.25, 0.3) is 5.91 Å². The van der Waals surface area contributed by atoms with Gasteiger partial charge in [-0.25, -0.2) is 9.97 Å². The summed E-state index contributed by atoms with van der Waals surface area (Å²) in [5, 5.41) is 6.38. The Morgan fingerprint density at radius 3 is 2.48 bits per heavy atom. The average molecular weight is 353 g/mol. The maximum Gasteiger partial charge on any atom is 0.275 e. The molecule has 0 aliphatic heterocycles. The predicted molar refractivity (Wildman–Crippen MR) is 101 cm³/mol. The molecule has 0 atom stereocenters. The number of rotatable bonds is 4. The van der Waals surface area contributed by atoms with Crippen molar-refractivity contribution in [3.63, 3.8) is 0 Å². The lowest BCUT2D eigenvalue weighted by Crippen LogP contribution is -2.14. The molecule has 0 aliphatic rings. The smallest absolute Gasteiger partial charge is 0.275 e. The van der Waals surface area contributed by atoms with E-state index in [9.17, 15) is 4.79 Å². The zero-order valence-corrected chi connectivity index (χ0v) is 14.6. The van der Waals surface area contributed by atoms with E-state index >= 15 is 0 Å². The van der Waals surface area contributed by atoms with E-state index < -0.39 is 0 Å². The van der Waals surface area contributed by atoms with E-state index in [1.54, 1.807) is 24.3 Å². The number of aryl methyl sites for hydroxylation is 2. The zero-order valence-electron chi connectivity index (χ0n) is 13.9. The van der Waals surface area contributed by atoms with Gasteiger partial charge in [0.1, 0.15) is 11.5 Å². The summed E-state index contributed by atoms with van der Waals surface area (Å²) in [6.07, 6.45) is 2.96. The van der Waals surface area contributed by atoms with Crippen molar-refractivity contribution in [1.82, 2.24) is 9.97 Å². The summed E-state index contributed by atoms with van der Waals surface area (Å²) in [7, 11) is 0. The molecule has 0 aliphatic carbocycles. The number of nitrogens with zero attached hydrogens (tertiary/aromatic N) is 2. The highest BCUT2D eigenvalue weighted by Gasteiger charge is 2.10. The molecule has 0 fully saturated rings. The molecule has 0 spiro atoms. The number of para-hydroxylation sites is 1.